The molecule has 0 atom stereocenters. The average molecular weight is 719 g/mol. The van der Waals surface area contributed by atoms with Gasteiger partial charge in [0.25, 0.3) is 0 Å². The van der Waals surface area contributed by atoms with E-state index in [1.807, 2.05) is 18.3 Å². The minimum Gasteiger partial charge on any atom is -0.309 e. The van der Waals surface area contributed by atoms with Gasteiger partial charge in [0.15, 0.2) is 0 Å². The molecule has 7 aromatic carbocycles. The van der Waals surface area contributed by atoms with Crippen LogP contribution < -0.4 is 0 Å². The Labute approximate surface area is 326 Å². The summed E-state index contributed by atoms with van der Waals surface area (Å²) in [5.41, 5.74) is 18.4. The molecule has 10 rings (SSSR count). The number of hydrogen-bond acceptors (Lipinski definition) is 2. The SMILES string of the molecule is Cc1ccc2c(c1)c1cc(C)ccc1n2-c1ccc(-c2c(C#N)ccc(-c3cccnc3)c2-c2ccc(-n3c4ccc(C)cc4c4cc(C)ccc43)cc2)cc1. The fourth-order valence-electron chi connectivity index (χ4n) is 8.67. The number of nitrogens with zero attached hydrogens (tertiary/aromatic N) is 4. The summed E-state index contributed by atoms with van der Waals surface area (Å²) in [5.74, 6) is 0. The van der Waals surface area contributed by atoms with Gasteiger partial charge in [0.05, 0.1) is 33.7 Å². The first kappa shape index (κ1) is 33.4. The molecular formula is C52H38N4. The van der Waals surface area contributed by atoms with Gasteiger partial charge in [-0.05, 0) is 135 Å². The van der Waals surface area contributed by atoms with E-state index in [1.54, 1.807) is 6.20 Å². The summed E-state index contributed by atoms with van der Waals surface area (Å²) in [6.45, 7) is 8.60. The molecule has 56 heavy (non-hydrogen) atoms. The van der Waals surface area contributed by atoms with E-state index >= 15 is 0 Å². The van der Waals surface area contributed by atoms with E-state index in [0.717, 1.165) is 44.8 Å². The van der Waals surface area contributed by atoms with E-state index in [2.05, 4.69) is 181 Å². The fourth-order valence-corrected chi connectivity index (χ4v) is 8.67. The monoisotopic (exact) mass is 718 g/mol. The van der Waals surface area contributed by atoms with Crippen molar-refractivity contribution < 1.29 is 0 Å². The zero-order valence-corrected chi connectivity index (χ0v) is 31.8. The molecule has 10 aromatic rings. The first-order valence-electron chi connectivity index (χ1n) is 19.1. The van der Waals surface area contributed by atoms with E-state index in [9.17, 15) is 5.26 Å². The zero-order chi connectivity index (χ0) is 38.1. The molecule has 0 amide bonds. The van der Waals surface area contributed by atoms with Crippen LogP contribution in [0.15, 0.2) is 158 Å². The molecule has 0 unspecified atom stereocenters. The first-order chi connectivity index (χ1) is 27.4. The van der Waals surface area contributed by atoms with E-state index in [-0.39, 0.29) is 0 Å². The van der Waals surface area contributed by atoms with Gasteiger partial charge in [-0.3, -0.25) is 4.98 Å². The minimum atomic E-state index is 0.625. The van der Waals surface area contributed by atoms with Crippen molar-refractivity contribution in [2.75, 3.05) is 0 Å². The lowest BCUT2D eigenvalue weighted by Gasteiger charge is -2.19. The second-order valence-electron chi connectivity index (χ2n) is 15.1. The van der Waals surface area contributed by atoms with Crippen LogP contribution >= 0.6 is 0 Å². The summed E-state index contributed by atoms with van der Waals surface area (Å²) in [6.07, 6.45) is 3.70. The quantitative estimate of drug-likeness (QED) is 0.178. The van der Waals surface area contributed by atoms with Crippen LogP contribution in [-0.2, 0) is 0 Å². The molecule has 3 aromatic heterocycles. The largest absolute Gasteiger partial charge is 0.309 e. The van der Waals surface area contributed by atoms with Crippen molar-refractivity contribution in [3.05, 3.63) is 186 Å². The summed E-state index contributed by atoms with van der Waals surface area (Å²) in [4.78, 5) is 4.49. The molecule has 0 saturated heterocycles. The average Bonchev–Trinajstić information content (AvgIpc) is 3.71. The third-order valence-corrected chi connectivity index (χ3v) is 11.3. The fraction of sp³-hybridized carbons (Fsp3) is 0.0769. The van der Waals surface area contributed by atoms with Crippen molar-refractivity contribution in [3.8, 4) is 50.8 Å². The Morgan fingerprint density at radius 3 is 1.27 bits per heavy atom. The number of aryl methyl sites for hydroxylation is 4. The first-order valence-corrected chi connectivity index (χ1v) is 19.1. The molecule has 0 aliphatic heterocycles. The number of benzene rings is 7. The van der Waals surface area contributed by atoms with Crippen molar-refractivity contribution >= 4 is 43.6 Å². The molecule has 266 valence electrons. The highest BCUT2D eigenvalue weighted by molar-refractivity contribution is 6.11. The lowest BCUT2D eigenvalue weighted by atomic mass is 9.85. The van der Waals surface area contributed by atoms with Crippen molar-refractivity contribution in [2.45, 2.75) is 27.7 Å². The van der Waals surface area contributed by atoms with Crippen LogP contribution in [0.1, 0.15) is 27.8 Å². The lowest BCUT2D eigenvalue weighted by molar-refractivity contribution is 1.18. The Hall–Kier alpha value is -7.22. The highest BCUT2D eigenvalue weighted by Crippen LogP contribution is 2.43. The van der Waals surface area contributed by atoms with Gasteiger partial charge in [0.1, 0.15) is 0 Å². The molecule has 0 radical (unpaired) electrons. The minimum absolute atomic E-state index is 0.625. The number of pyridine rings is 1. The number of hydrogen-bond donors (Lipinski definition) is 0. The van der Waals surface area contributed by atoms with Gasteiger partial charge in [-0.15, -0.1) is 0 Å². The highest BCUT2D eigenvalue weighted by Gasteiger charge is 2.21. The molecule has 0 saturated carbocycles. The second-order valence-corrected chi connectivity index (χ2v) is 15.1. The molecular weight excluding hydrogens is 681 g/mol. The van der Waals surface area contributed by atoms with Crippen LogP contribution in [0.4, 0.5) is 0 Å². The van der Waals surface area contributed by atoms with Crippen LogP contribution in [0, 0.1) is 39.0 Å². The highest BCUT2D eigenvalue weighted by atomic mass is 15.0. The van der Waals surface area contributed by atoms with Crippen LogP contribution in [0.2, 0.25) is 0 Å². The number of nitriles is 1. The van der Waals surface area contributed by atoms with Crippen molar-refractivity contribution in [3.63, 3.8) is 0 Å². The topological polar surface area (TPSA) is 46.5 Å². The van der Waals surface area contributed by atoms with E-state index in [4.69, 9.17) is 0 Å². The summed E-state index contributed by atoms with van der Waals surface area (Å²) >= 11 is 0. The second kappa shape index (κ2) is 13.0. The van der Waals surface area contributed by atoms with Gasteiger partial charge in [0, 0.05) is 56.4 Å². The van der Waals surface area contributed by atoms with Crippen molar-refractivity contribution in [1.82, 2.24) is 14.1 Å². The van der Waals surface area contributed by atoms with Gasteiger partial charge < -0.3 is 9.13 Å². The van der Waals surface area contributed by atoms with Gasteiger partial charge in [-0.2, -0.15) is 5.26 Å². The summed E-state index contributed by atoms with van der Waals surface area (Å²) in [6, 6.07) is 54.9. The molecule has 0 spiro atoms. The number of rotatable bonds is 5. The van der Waals surface area contributed by atoms with Crippen LogP contribution in [0.25, 0.3) is 88.4 Å². The molecule has 0 N–H and O–H groups in total. The Bertz CT molecular complexity index is 3090. The predicted molar refractivity (Wildman–Crippen MR) is 233 cm³/mol. The number of aromatic nitrogens is 3. The zero-order valence-electron chi connectivity index (χ0n) is 31.8. The van der Waals surface area contributed by atoms with Crippen LogP contribution in [0.3, 0.4) is 0 Å². The summed E-state index contributed by atoms with van der Waals surface area (Å²) < 4.78 is 4.71. The van der Waals surface area contributed by atoms with E-state index < -0.39 is 0 Å². The summed E-state index contributed by atoms with van der Waals surface area (Å²) in [5, 5.41) is 15.6. The van der Waals surface area contributed by atoms with E-state index in [0.29, 0.717) is 5.56 Å². The molecule has 0 aliphatic rings. The molecule has 0 bridgehead atoms. The maximum Gasteiger partial charge on any atom is 0.0998 e. The maximum atomic E-state index is 10.6. The molecule has 0 fully saturated rings. The molecule has 3 heterocycles. The number of fused-ring (bicyclic) bond motifs is 6. The Morgan fingerprint density at radius 2 is 0.875 bits per heavy atom. The van der Waals surface area contributed by atoms with Crippen molar-refractivity contribution in [2.24, 2.45) is 0 Å². The van der Waals surface area contributed by atoms with Crippen LogP contribution in [-0.4, -0.2) is 14.1 Å². The van der Waals surface area contributed by atoms with Gasteiger partial charge >= 0.3 is 0 Å². The van der Waals surface area contributed by atoms with E-state index in [1.165, 1.54) is 65.9 Å². The molecule has 4 nitrogen and oxygen atoms in total. The maximum absolute atomic E-state index is 10.6. The lowest BCUT2D eigenvalue weighted by Crippen LogP contribution is -1.98. The normalized spacial score (nSPS) is 11.6. The summed E-state index contributed by atoms with van der Waals surface area (Å²) in [7, 11) is 0. The van der Waals surface area contributed by atoms with Crippen LogP contribution in [0.5, 0.6) is 0 Å². The Balaban J connectivity index is 1.15. The standard InChI is InChI=1S/C52H38N4/c1-32-7-21-47-43(26-32)44-27-33(2)8-22-48(44)55(47)40-16-11-36(12-17-40)51-38(30-53)15-20-42(39-6-5-25-54-31-39)52(51)37-13-18-41(19-14-37)56-49-23-9-34(3)28-45(49)46-29-35(4)10-24-50(46)56/h5-29,31H,1-4H3. The molecule has 4 heteroatoms. The van der Waals surface area contributed by atoms with Crippen molar-refractivity contribution in [1.29, 1.82) is 5.26 Å². The predicted octanol–water partition coefficient (Wildman–Crippen LogP) is 13.4. The van der Waals surface area contributed by atoms with Gasteiger partial charge in [-0.1, -0.05) is 82.9 Å². The van der Waals surface area contributed by atoms with Gasteiger partial charge in [-0.25, -0.2) is 0 Å². The molecule has 0 aliphatic carbocycles. The smallest absolute Gasteiger partial charge is 0.0998 e. The Kier molecular flexibility index (Phi) is 7.73. The Morgan fingerprint density at radius 1 is 0.446 bits per heavy atom. The third kappa shape index (κ3) is 5.32. The van der Waals surface area contributed by atoms with Gasteiger partial charge in [0.2, 0.25) is 0 Å². The third-order valence-electron chi connectivity index (χ3n) is 11.3.